The van der Waals surface area contributed by atoms with E-state index in [-0.39, 0.29) is 12.5 Å². The minimum Gasteiger partial charge on any atom is -0.463 e. The van der Waals surface area contributed by atoms with Crippen molar-refractivity contribution >= 4 is 17.8 Å². The lowest BCUT2D eigenvalue weighted by Gasteiger charge is -2.21. The number of hydrogen-bond donors (Lipinski definition) is 1. The second kappa shape index (κ2) is 6.67. The number of benzene rings is 1. The summed E-state index contributed by atoms with van der Waals surface area (Å²) < 4.78 is 5.51. The monoisotopic (exact) mass is 355 g/mol. The van der Waals surface area contributed by atoms with Gasteiger partial charge in [-0.1, -0.05) is 30.3 Å². The first kappa shape index (κ1) is 17.7. The molecule has 7 nitrogen and oxygen atoms in total. The van der Waals surface area contributed by atoms with Crippen LogP contribution in [0, 0.1) is 6.92 Å². The highest BCUT2D eigenvalue weighted by atomic mass is 16.3. The molecule has 0 bridgehead atoms. The molecule has 1 aliphatic rings. The van der Waals surface area contributed by atoms with Crippen LogP contribution in [0.2, 0.25) is 0 Å². The van der Waals surface area contributed by atoms with Crippen molar-refractivity contribution < 1.29 is 18.8 Å². The third kappa shape index (κ3) is 3.20. The summed E-state index contributed by atoms with van der Waals surface area (Å²) >= 11 is 0. The third-order valence-electron chi connectivity index (χ3n) is 4.49. The summed E-state index contributed by atoms with van der Waals surface area (Å²) in [7, 11) is 1.64. The molecule has 136 valence electrons. The van der Waals surface area contributed by atoms with E-state index in [1.807, 2.05) is 30.3 Å². The number of amides is 4. The molecule has 1 N–H and O–H groups in total. The molecule has 1 aromatic heterocycles. The fourth-order valence-corrected chi connectivity index (χ4v) is 2.91. The number of hydrogen-bond acceptors (Lipinski definition) is 4. The SMILES string of the molecule is Cc1ccc([C@]2(C)NC(=O)N(CC(=O)N(C)Cc3ccccc3)C2=O)o1. The molecule has 2 heterocycles. The molecule has 7 heteroatoms. The molecule has 0 radical (unpaired) electrons. The van der Waals surface area contributed by atoms with E-state index in [0.29, 0.717) is 18.1 Å². The summed E-state index contributed by atoms with van der Waals surface area (Å²) in [4.78, 5) is 39.9. The van der Waals surface area contributed by atoms with Crippen molar-refractivity contribution in [3.05, 3.63) is 59.5 Å². The van der Waals surface area contributed by atoms with E-state index < -0.39 is 17.5 Å². The van der Waals surface area contributed by atoms with Crippen LogP contribution < -0.4 is 5.32 Å². The van der Waals surface area contributed by atoms with Gasteiger partial charge in [-0.05, 0) is 31.5 Å². The van der Waals surface area contributed by atoms with Crippen molar-refractivity contribution in [2.45, 2.75) is 25.9 Å². The zero-order chi connectivity index (χ0) is 18.9. The number of urea groups is 1. The van der Waals surface area contributed by atoms with Gasteiger partial charge in [0.1, 0.15) is 18.1 Å². The van der Waals surface area contributed by atoms with Crippen LogP contribution >= 0.6 is 0 Å². The highest BCUT2D eigenvalue weighted by Crippen LogP contribution is 2.30. The number of imide groups is 1. The predicted octanol–water partition coefficient (Wildman–Crippen LogP) is 2.01. The Hall–Kier alpha value is -3.09. The minimum absolute atomic E-state index is 0.316. The summed E-state index contributed by atoms with van der Waals surface area (Å²) in [6.45, 7) is 3.42. The largest absolute Gasteiger partial charge is 0.463 e. The molecule has 0 unspecified atom stereocenters. The molecular formula is C19H21N3O4. The molecule has 4 amide bonds. The molecule has 1 fully saturated rings. The van der Waals surface area contributed by atoms with E-state index in [2.05, 4.69) is 5.32 Å². The third-order valence-corrected chi connectivity index (χ3v) is 4.49. The molecule has 0 aliphatic carbocycles. The second-order valence-electron chi connectivity index (χ2n) is 6.59. The molecule has 26 heavy (non-hydrogen) atoms. The van der Waals surface area contributed by atoms with Crippen molar-refractivity contribution in [3.8, 4) is 0 Å². The number of carbonyl (C=O) groups is 3. The van der Waals surface area contributed by atoms with E-state index in [1.165, 1.54) is 4.90 Å². The van der Waals surface area contributed by atoms with Crippen LogP contribution in [0.15, 0.2) is 46.9 Å². The molecule has 0 spiro atoms. The zero-order valence-corrected chi connectivity index (χ0v) is 15.0. The summed E-state index contributed by atoms with van der Waals surface area (Å²) in [6.07, 6.45) is 0. The van der Waals surface area contributed by atoms with Crippen molar-refractivity contribution in [3.63, 3.8) is 0 Å². The van der Waals surface area contributed by atoms with Crippen LogP contribution in [-0.4, -0.2) is 41.2 Å². The van der Waals surface area contributed by atoms with E-state index in [1.54, 1.807) is 33.0 Å². The molecule has 1 saturated heterocycles. The Kier molecular flexibility index (Phi) is 4.54. The Balaban J connectivity index is 1.70. The van der Waals surface area contributed by atoms with Gasteiger partial charge in [0.25, 0.3) is 5.91 Å². The van der Waals surface area contributed by atoms with Gasteiger partial charge in [0.15, 0.2) is 5.54 Å². The number of furan rings is 1. The molecule has 1 aliphatic heterocycles. The Morgan fingerprint density at radius 1 is 1.19 bits per heavy atom. The highest BCUT2D eigenvalue weighted by molar-refractivity contribution is 6.08. The van der Waals surface area contributed by atoms with Gasteiger partial charge in [0.2, 0.25) is 5.91 Å². The standard InChI is InChI=1S/C19H21N3O4/c1-13-9-10-15(26-13)19(2)17(24)22(18(25)20-19)12-16(23)21(3)11-14-7-5-4-6-8-14/h4-10H,11-12H2,1-3H3,(H,20,25)/t19-/m0/s1. The minimum atomic E-state index is -1.30. The predicted molar refractivity (Wildman–Crippen MR) is 94.0 cm³/mol. The van der Waals surface area contributed by atoms with Crippen LogP contribution in [0.5, 0.6) is 0 Å². The molecular weight excluding hydrogens is 334 g/mol. The molecule has 1 atom stereocenters. The first-order valence-corrected chi connectivity index (χ1v) is 8.30. The Morgan fingerprint density at radius 3 is 2.50 bits per heavy atom. The van der Waals surface area contributed by atoms with Crippen molar-refractivity contribution in [1.82, 2.24) is 15.1 Å². The van der Waals surface area contributed by atoms with Crippen molar-refractivity contribution in [2.75, 3.05) is 13.6 Å². The number of rotatable bonds is 5. The number of carbonyl (C=O) groups excluding carboxylic acids is 3. The normalized spacial score (nSPS) is 19.6. The Labute approximate surface area is 151 Å². The topological polar surface area (TPSA) is 82.9 Å². The van der Waals surface area contributed by atoms with Crippen LogP contribution in [-0.2, 0) is 21.7 Å². The van der Waals surface area contributed by atoms with Crippen LogP contribution in [0.25, 0.3) is 0 Å². The zero-order valence-electron chi connectivity index (χ0n) is 15.0. The van der Waals surface area contributed by atoms with Gasteiger partial charge >= 0.3 is 6.03 Å². The van der Waals surface area contributed by atoms with Gasteiger partial charge in [-0.15, -0.1) is 0 Å². The lowest BCUT2D eigenvalue weighted by molar-refractivity contribution is -0.138. The maximum absolute atomic E-state index is 12.8. The van der Waals surface area contributed by atoms with Gasteiger partial charge in [-0.3, -0.25) is 14.5 Å². The van der Waals surface area contributed by atoms with Crippen molar-refractivity contribution in [2.24, 2.45) is 0 Å². The second-order valence-corrected chi connectivity index (χ2v) is 6.59. The van der Waals surface area contributed by atoms with Crippen molar-refractivity contribution in [1.29, 1.82) is 0 Å². The van der Waals surface area contributed by atoms with E-state index >= 15 is 0 Å². The summed E-state index contributed by atoms with van der Waals surface area (Å²) in [5.41, 5.74) is -0.333. The average Bonchev–Trinajstić information content (AvgIpc) is 3.14. The first-order valence-electron chi connectivity index (χ1n) is 8.30. The lowest BCUT2D eigenvalue weighted by Crippen LogP contribution is -2.43. The molecule has 0 saturated carbocycles. The lowest BCUT2D eigenvalue weighted by atomic mass is 9.99. The van der Waals surface area contributed by atoms with Gasteiger partial charge in [0, 0.05) is 13.6 Å². The molecule has 2 aromatic rings. The Morgan fingerprint density at radius 2 is 1.88 bits per heavy atom. The van der Waals surface area contributed by atoms with Gasteiger partial charge in [-0.25, -0.2) is 4.79 Å². The quantitative estimate of drug-likeness (QED) is 0.832. The Bertz CT molecular complexity index is 845. The summed E-state index contributed by atoms with van der Waals surface area (Å²) in [5.74, 6) is 0.164. The smallest absolute Gasteiger partial charge is 0.325 e. The fraction of sp³-hybridized carbons (Fsp3) is 0.316. The number of likely N-dealkylation sites (N-methyl/N-ethyl adjacent to an activating group) is 1. The summed E-state index contributed by atoms with van der Waals surface area (Å²) in [5, 5.41) is 2.63. The first-order chi connectivity index (χ1) is 12.3. The van der Waals surface area contributed by atoms with E-state index in [9.17, 15) is 14.4 Å². The highest BCUT2D eigenvalue weighted by Gasteiger charge is 2.51. The molecule has 1 aromatic carbocycles. The van der Waals surface area contributed by atoms with Gasteiger partial charge < -0.3 is 14.6 Å². The number of aryl methyl sites for hydroxylation is 1. The van der Waals surface area contributed by atoms with Crippen LogP contribution in [0.1, 0.15) is 24.0 Å². The maximum atomic E-state index is 12.8. The fourth-order valence-electron chi connectivity index (χ4n) is 2.91. The van der Waals surface area contributed by atoms with Crippen LogP contribution in [0.4, 0.5) is 4.79 Å². The van der Waals surface area contributed by atoms with Gasteiger partial charge in [0.05, 0.1) is 0 Å². The van der Waals surface area contributed by atoms with Crippen LogP contribution in [0.3, 0.4) is 0 Å². The molecule has 3 rings (SSSR count). The number of nitrogens with one attached hydrogen (secondary N) is 1. The average molecular weight is 355 g/mol. The summed E-state index contributed by atoms with van der Waals surface area (Å²) in [6, 6.07) is 12.3. The maximum Gasteiger partial charge on any atom is 0.325 e. The van der Waals surface area contributed by atoms with E-state index in [0.717, 1.165) is 10.5 Å². The van der Waals surface area contributed by atoms with Gasteiger partial charge in [-0.2, -0.15) is 0 Å². The van der Waals surface area contributed by atoms with E-state index in [4.69, 9.17) is 4.42 Å². The number of nitrogens with zero attached hydrogens (tertiary/aromatic N) is 2.